The van der Waals surface area contributed by atoms with Crippen LogP contribution in [-0.2, 0) is 4.79 Å². The SMILES string of the molecule is CC(C)CNC(=O)N1CCCC(CC(=O)N(C)C2CCC(F)(F)CC2)C1. The molecule has 3 amide bonds. The molecule has 0 aromatic rings. The summed E-state index contributed by atoms with van der Waals surface area (Å²) in [4.78, 5) is 28.3. The fourth-order valence-electron chi connectivity index (χ4n) is 3.83. The van der Waals surface area contributed by atoms with E-state index >= 15 is 0 Å². The molecule has 2 rings (SSSR count). The highest BCUT2D eigenvalue weighted by Crippen LogP contribution is 2.35. The summed E-state index contributed by atoms with van der Waals surface area (Å²) in [5.41, 5.74) is 0. The molecular formula is C19H33F2N3O2. The van der Waals surface area contributed by atoms with Crippen molar-refractivity contribution in [2.75, 3.05) is 26.7 Å². The van der Waals surface area contributed by atoms with Gasteiger partial charge in [-0.2, -0.15) is 0 Å². The fraction of sp³-hybridized carbons (Fsp3) is 0.895. The Bertz CT molecular complexity index is 489. The van der Waals surface area contributed by atoms with E-state index in [1.807, 2.05) is 0 Å². The van der Waals surface area contributed by atoms with Crippen molar-refractivity contribution in [2.24, 2.45) is 11.8 Å². The molecule has 1 aliphatic carbocycles. The van der Waals surface area contributed by atoms with Gasteiger partial charge in [0.05, 0.1) is 0 Å². The van der Waals surface area contributed by atoms with E-state index in [2.05, 4.69) is 19.2 Å². The van der Waals surface area contributed by atoms with E-state index in [1.165, 1.54) is 0 Å². The molecule has 0 aromatic carbocycles. The standard InChI is InChI=1S/C19H33F2N3O2/c1-14(2)12-22-18(26)24-10-4-5-15(13-24)11-17(25)23(3)16-6-8-19(20,21)9-7-16/h14-16H,4-13H2,1-3H3,(H,22,26). The van der Waals surface area contributed by atoms with E-state index < -0.39 is 5.92 Å². The van der Waals surface area contributed by atoms with Crippen LogP contribution < -0.4 is 5.32 Å². The molecule has 0 spiro atoms. The van der Waals surface area contributed by atoms with Crippen LogP contribution in [0, 0.1) is 11.8 Å². The number of hydrogen-bond acceptors (Lipinski definition) is 2. The zero-order valence-corrected chi connectivity index (χ0v) is 16.3. The molecular weight excluding hydrogens is 340 g/mol. The average Bonchev–Trinajstić information content (AvgIpc) is 2.59. The lowest BCUT2D eigenvalue weighted by Gasteiger charge is -2.37. The number of carbonyl (C=O) groups excluding carboxylic acids is 2. The van der Waals surface area contributed by atoms with E-state index in [1.54, 1.807) is 16.8 Å². The first-order valence-corrected chi connectivity index (χ1v) is 9.84. The molecule has 150 valence electrons. The molecule has 1 saturated carbocycles. The van der Waals surface area contributed by atoms with Gasteiger partial charge in [-0.05, 0) is 37.5 Å². The number of nitrogens with zero attached hydrogens (tertiary/aromatic N) is 2. The minimum absolute atomic E-state index is 0.00894. The van der Waals surface area contributed by atoms with Crippen LogP contribution in [0.15, 0.2) is 0 Å². The van der Waals surface area contributed by atoms with Gasteiger partial charge in [-0.3, -0.25) is 4.79 Å². The summed E-state index contributed by atoms with van der Waals surface area (Å²) in [6.45, 7) is 6.06. The minimum Gasteiger partial charge on any atom is -0.343 e. The second kappa shape index (κ2) is 9.00. The molecule has 0 bridgehead atoms. The normalized spacial score (nSPS) is 23.8. The monoisotopic (exact) mass is 373 g/mol. The summed E-state index contributed by atoms with van der Waals surface area (Å²) in [6, 6.07) is -0.144. The van der Waals surface area contributed by atoms with Crippen LogP contribution in [0.25, 0.3) is 0 Å². The second-order valence-corrected chi connectivity index (χ2v) is 8.33. The first-order valence-electron chi connectivity index (χ1n) is 9.84. The van der Waals surface area contributed by atoms with E-state index in [4.69, 9.17) is 0 Å². The summed E-state index contributed by atoms with van der Waals surface area (Å²) < 4.78 is 26.6. The van der Waals surface area contributed by atoms with Gasteiger partial charge >= 0.3 is 6.03 Å². The van der Waals surface area contributed by atoms with Gasteiger partial charge in [-0.1, -0.05) is 13.8 Å². The number of piperidine rings is 1. The van der Waals surface area contributed by atoms with Gasteiger partial charge in [0, 0.05) is 52.0 Å². The number of carbonyl (C=O) groups is 2. The van der Waals surface area contributed by atoms with Crippen LogP contribution in [0.2, 0.25) is 0 Å². The molecule has 2 aliphatic rings. The molecule has 0 aromatic heterocycles. The lowest BCUT2D eigenvalue weighted by Crippen LogP contribution is -2.47. The van der Waals surface area contributed by atoms with Crippen LogP contribution in [0.5, 0.6) is 0 Å². The fourth-order valence-corrected chi connectivity index (χ4v) is 3.83. The van der Waals surface area contributed by atoms with Gasteiger partial charge in [0.15, 0.2) is 0 Å². The number of likely N-dealkylation sites (tertiary alicyclic amines) is 1. The lowest BCUT2D eigenvalue weighted by molar-refractivity contribution is -0.136. The van der Waals surface area contributed by atoms with Crippen molar-refractivity contribution in [1.29, 1.82) is 0 Å². The number of nitrogens with one attached hydrogen (secondary N) is 1. The third-order valence-electron chi connectivity index (χ3n) is 5.56. The van der Waals surface area contributed by atoms with Crippen LogP contribution in [0.4, 0.5) is 13.6 Å². The lowest BCUT2D eigenvalue weighted by atomic mass is 9.90. The Hall–Kier alpha value is -1.40. The van der Waals surface area contributed by atoms with Gasteiger partial charge < -0.3 is 15.1 Å². The van der Waals surface area contributed by atoms with Crippen molar-refractivity contribution in [3.05, 3.63) is 0 Å². The quantitative estimate of drug-likeness (QED) is 0.802. The smallest absolute Gasteiger partial charge is 0.317 e. The largest absolute Gasteiger partial charge is 0.343 e. The van der Waals surface area contributed by atoms with E-state index in [0.717, 1.165) is 19.4 Å². The molecule has 1 atom stereocenters. The van der Waals surface area contributed by atoms with Gasteiger partial charge in [0.25, 0.3) is 0 Å². The van der Waals surface area contributed by atoms with Crippen LogP contribution >= 0.6 is 0 Å². The summed E-state index contributed by atoms with van der Waals surface area (Å²) >= 11 is 0. The maximum atomic E-state index is 13.3. The summed E-state index contributed by atoms with van der Waals surface area (Å²) in [5, 5.41) is 2.93. The zero-order chi connectivity index (χ0) is 19.3. The highest BCUT2D eigenvalue weighted by atomic mass is 19.3. The van der Waals surface area contributed by atoms with E-state index in [9.17, 15) is 18.4 Å². The van der Waals surface area contributed by atoms with Crippen molar-refractivity contribution >= 4 is 11.9 Å². The van der Waals surface area contributed by atoms with Crippen molar-refractivity contribution in [2.45, 2.75) is 70.8 Å². The Morgan fingerprint density at radius 3 is 2.50 bits per heavy atom. The number of amides is 3. The first-order chi connectivity index (χ1) is 12.2. The molecule has 7 heteroatoms. The summed E-state index contributed by atoms with van der Waals surface area (Å²) in [6.07, 6.45) is 2.67. The predicted octanol–water partition coefficient (Wildman–Crippen LogP) is 3.49. The van der Waals surface area contributed by atoms with Gasteiger partial charge in [-0.15, -0.1) is 0 Å². The highest BCUT2D eigenvalue weighted by Gasteiger charge is 2.37. The third-order valence-corrected chi connectivity index (χ3v) is 5.56. The molecule has 1 aliphatic heterocycles. The van der Waals surface area contributed by atoms with Crippen molar-refractivity contribution < 1.29 is 18.4 Å². The summed E-state index contributed by atoms with van der Waals surface area (Å²) in [5.74, 6) is -2.02. The average molecular weight is 373 g/mol. The van der Waals surface area contributed by atoms with Crippen LogP contribution in [0.3, 0.4) is 0 Å². The Balaban J connectivity index is 1.79. The van der Waals surface area contributed by atoms with Gasteiger partial charge in [0.2, 0.25) is 11.8 Å². The van der Waals surface area contributed by atoms with Crippen LogP contribution in [0.1, 0.15) is 58.8 Å². The van der Waals surface area contributed by atoms with Gasteiger partial charge in [-0.25, -0.2) is 13.6 Å². The van der Waals surface area contributed by atoms with Gasteiger partial charge in [0.1, 0.15) is 0 Å². The number of alkyl halides is 2. The topological polar surface area (TPSA) is 52.7 Å². The Morgan fingerprint density at radius 1 is 1.23 bits per heavy atom. The minimum atomic E-state index is -2.58. The molecule has 1 N–H and O–H groups in total. The molecule has 2 fully saturated rings. The maximum absolute atomic E-state index is 13.3. The number of hydrogen-bond donors (Lipinski definition) is 1. The Labute approximate surface area is 155 Å². The number of halogens is 2. The first kappa shape index (κ1) is 20.9. The number of rotatable bonds is 5. The molecule has 5 nitrogen and oxygen atoms in total. The zero-order valence-electron chi connectivity index (χ0n) is 16.3. The summed E-state index contributed by atoms with van der Waals surface area (Å²) in [7, 11) is 1.73. The Kier molecular flexibility index (Phi) is 7.24. The molecule has 1 heterocycles. The molecule has 26 heavy (non-hydrogen) atoms. The van der Waals surface area contributed by atoms with Crippen LogP contribution in [-0.4, -0.2) is 60.4 Å². The van der Waals surface area contributed by atoms with Crippen molar-refractivity contribution in [1.82, 2.24) is 15.1 Å². The molecule has 1 saturated heterocycles. The van der Waals surface area contributed by atoms with E-state index in [-0.39, 0.29) is 36.7 Å². The predicted molar refractivity (Wildman–Crippen MR) is 97.1 cm³/mol. The molecule has 0 radical (unpaired) electrons. The van der Waals surface area contributed by atoms with Crippen molar-refractivity contribution in [3.63, 3.8) is 0 Å². The highest BCUT2D eigenvalue weighted by molar-refractivity contribution is 5.77. The van der Waals surface area contributed by atoms with Crippen molar-refractivity contribution in [3.8, 4) is 0 Å². The maximum Gasteiger partial charge on any atom is 0.317 e. The Morgan fingerprint density at radius 2 is 1.88 bits per heavy atom. The third kappa shape index (κ3) is 6.09. The van der Waals surface area contributed by atoms with E-state index in [0.29, 0.717) is 38.3 Å². The second-order valence-electron chi connectivity index (χ2n) is 8.33. The number of urea groups is 1. The molecule has 1 unspecified atom stereocenters.